The standard InChI is InChI=1S/C15H28N4O/c1-6-19(7-2)10-8-9-11(3)16-15(20)14-12(4)17-18-13(14)5/h11H,6-10H2,1-5H3,(H,16,20)(H,17,18). The minimum absolute atomic E-state index is 0.0240. The minimum Gasteiger partial charge on any atom is -0.349 e. The molecule has 0 aromatic carbocycles. The third-order valence-electron chi connectivity index (χ3n) is 3.74. The van der Waals surface area contributed by atoms with E-state index >= 15 is 0 Å². The van der Waals surface area contributed by atoms with Crippen LogP contribution in [0.3, 0.4) is 0 Å². The van der Waals surface area contributed by atoms with E-state index in [4.69, 9.17) is 0 Å². The molecule has 0 bridgehead atoms. The van der Waals surface area contributed by atoms with Gasteiger partial charge in [-0.2, -0.15) is 5.10 Å². The summed E-state index contributed by atoms with van der Waals surface area (Å²) < 4.78 is 0. The lowest BCUT2D eigenvalue weighted by Crippen LogP contribution is -2.34. The average molecular weight is 280 g/mol. The van der Waals surface area contributed by atoms with Crippen LogP contribution in [0.1, 0.15) is 55.4 Å². The van der Waals surface area contributed by atoms with Gasteiger partial charge in [-0.15, -0.1) is 0 Å². The molecule has 0 saturated heterocycles. The monoisotopic (exact) mass is 280 g/mol. The average Bonchev–Trinajstić information content (AvgIpc) is 2.74. The summed E-state index contributed by atoms with van der Waals surface area (Å²) in [5.74, 6) is -0.0240. The van der Waals surface area contributed by atoms with Gasteiger partial charge >= 0.3 is 0 Å². The molecule has 0 aliphatic carbocycles. The van der Waals surface area contributed by atoms with Gasteiger partial charge in [-0.05, 0) is 53.2 Å². The summed E-state index contributed by atoms with van der Waals surface area (Å²) in [7, 11) is 0. The van der Waals surface area contributed by atoms with Crippen molar-refractivity contribution >= 4 is 5.91 Å². The van der Waals surface area contributed by atoms with Gasteiger partial charge in [0, 0.05) is 11.7 Å². The second kappa shape index (κ2) is 8.04. The predicted molar refractivity (Wildman–Crippen MR) is 82.0 cm³/mol. The zero-order chi connectivity index (χ0) is 15.1. The van der Waals surface area contributed by atoms with Crippen LogP contribution >= 0.6 is 0 Å². The molecule has 0 aliphatic heterocycles. The Morgan fingerprint density at radius 1 is 1.35 bits per heavy atom. The summed E-state index contributed by atoms with van der Waals surface area (Å²) in [5.41, 5.74) is 2.27. The lowest BCUT2D eigenvalue weighted by molar-refractivity contribution is 0.0936. The Morgan fingerprint density at radius 2 is 2.00 bits per heavy atom. The minimum atomic E-state index is -0.0240. The van der Waals surface area contributed by atoms with E-state index in [0.717, 1.165) is 43.9 Å². The lowest BCUT2D eigenvalue weighted by Gasteiger charge is -2.19. The highest BCUT2D eigenvalue weighted by atomic mass is 16.1. The van der Waals surface area contributed by atoms with E-state index in [1.165, 1.54) is 0 Å². The second-order valence-electron chi connectivity index (χ2n) is 5.35. The van der Waals surface area contributed by atoms with Crippen LogP contribution in [0, 0.1) is 13.8 Å². The number of aromatic nitrogens is 2. The van der Waals surface area contributed by atoms with E-state index in [9.17, 15) is 4.79 Å². The molecule has 1 heterocycles. The van der Waals surface area contributed by atoms with Gasteiger partial charge < -0.3 is 10.2 Å². The zero-order valence-corrected chi connectivity index (χ0v) is 13.4. The topological polar surface area (TPSA) is 61.0 Å². The van der Waals surface area contributed by atoms with E-state index < -0.39 is 0 Å². The maximum atomic E-state index is 12.2. The molecule has 1 amide bonds. The Morgan fingerprint density at radius 3 is 2.50 bits per heavy atom. The van der Waals surface area contributed by atoms with Gasteiger partial charge in [0.2, 0.25) is 0 Å². The molecule has 1 aromatic heterocycles. The number of hydrogen-bond acceptors (Lipinski definition) is 3. The molecule has 5 nitrogen and oxygen atoms in total. The summed E-state index contributed by atoms with van der Waals surface area (Å²) in [4.78, 5) is 14.6. The summed E-state index contributed by atoms with van der Waals surface area (Å²) in [5, 5.41) is 9.96. The number of aromatic amines is 1. The predicted octanol–water partition coefficient (Wildman–Crippen LogP) is 2.27. The largest absolute Gasteiger partial charge is 0.349 e. The molecule has 0 fully saturated rings. The van der Waals surface area contributed by atoms with Gasteiger partial charge in [-0.25, -0.2) is 0 Å². The highest BCUT2D eigenvalue weighted by molar-refractivity contribution is 5.96. The van der Waals surface area contributed by atoms with Gasteiger partial charge in [0.15, 0.2) is 0 Å². The van der Waals surface area contributed by atoms with Crippen LogP contribution in [0.4, 0.5) is 0 Å². The van der Waals surface area contributed by atoms with Gasteiger partial charge in [-0.1, -0.05) is 13.8 Å². The van der Waals surface area contributed by atoms with E-state index in [2.05, 4.69) is 41.2 Å². The van der Waals surface area contributed by atoms with Crippen molar-refractivity contribution in [2.24, 2.45) is 0 Å². The maximum absolute atomic E-state index is 12.2. The third-order valence-corrected chi connectivity index (χ3v) is 3.74. The first-order chi connectivity index (χ1) is 9.49. The second-order valence-corrected chi connectivity index (χ2v) is 5.35. The first-order valence-corrected chi connectivity index (χ1v) is 7.54. The van der Waals surface area contributed by atoms with Crippen molar-refractivity contribution in [2.75, 3.05) is 19.6 Å². The molecule has 0 aliphatic rings. The number of amides is 1. The van der Waals surface area contributed by atoms with Gasteiger partial charge in [0.05, 0.1) is 11.3 Å². The normalized spacial score (nSPS) is 12.7. The first kappa shape index (κ1) is 16.7. The summed E-state index contributed by atoms with van der Waals surface area (Å²) in [6.07, 6.45) is 2.10. The fraction of sp³-hybridized carbons (Fsp3) is 0.733. The van der Waals surface area contributed by atoms with Gasteiger partial charge in [0.25, 0.3) is 5.91 Å². The molecule has 5 heteroatoms. The Kier molecular flexibility index (Phi) is 6.71. The van der Waals surface area contributed by atoms with Crippen molar-refractivity contribution in [3.05, 3.63) is 17.0 Å². The van der Waals surface area contributed by atoms with E-state index in [1.807, 2.05) is 13.8 Å². The van der Waals surface area contributed by atoms with Crippen molar-refractivity contribution in [3.63, 3.8) is 0 Å². The Hall–Kier alpha value is -1.36. The zero-order valence-electron chi connectivity index (χ0n) is 13.4. The van der Waals surface area contributed by atoms with Crippen LogP contribution < -0.4 is 5.32 Å². The number of nitrogens with one attached hydrogen (secondary N) is 2. The third kappa shape index (κ3) is 4.63. The number of carbonyl (C=O) groups excluding carboxylic acids is 1. The molecular formula is C15H28N4O. The van der Waals surface area contributed by atoms with E-state index in [1.54, 1.807) is 0 Å². The molecule has 2 N–H and O–H groups in total. The molecule has 1 atom stereocenters. The van der Waals surface area contributed by atoms with E-state index in [-0.39, 0.29) is 11.9 Å². The van der Waals surface area contributed by atoms with Gasteiger partial charge in [0.1, 0.15) is 0 Å². The van der Waals surface area contributed by atoms with Crippen LogP contribution in [-0.2, 0) is 0 Å². The Bertz CT molecular complexity index is 404. The summed E-state index contributed by atoms with van der Waals surface area (Å²) in [6.45, 7) is 13.4. The molecular weight excluding hydrogens is 252 g/mol. The molecule has 114 valence electrons. The Balaban J connectivity index is 2.39. The molecule has 20 heavy (non-hydrogen) atoms. The van der Waals surface area contributed by atoms with Gasteiger partial charge in [-0.3, -0.25) is 9.89 Å². The number of carbonyl (C=O) groups is 1. The fourth-order valence-electron chi connectivity index (χ4n) is 2.41. The van der Waals surface area contributed by atoms with E-state index in [0.29, 0.717) is 5.56 Å². The van der Waals surface area contributed by atoms with Crippen molar-refractivity contribution in [1.82, 2.24) is 20.4 Å². The SMILES string of the molecule is CCN(CC)CCCC(C)NC(=O)c1c(C)n[nH]c1C. The number of aryl methyl sites for hydroxylation is 2. The first-order valence-electron chi connectivity index (χ1n) is 7.54. The van der Waals surface area contributed by atoms with Crippen molar-refractivity contribution in [1.29, 1.82) is 0 Å². The fourth-order valence-corrected chi connectivity index (χ4v) is 2.41. The highest BCUT2D eigenvalue weighted by Gasteiger charge is 2.16. The van der Waals surface area contributed by atoms with Crippen LogP contribution in [0.2, 0.25) is 0 Å². The van der Waals surface area contributed by atoms with Crippen LogP contribution in [-0.4, -0.2) is 46.7 Å². The molecule has 0 saturated carbocycles. The molecule has 1 aromatic rings. The smallest absolute Gasteiger partial charge is 0.255 e. The highest BCUT2D eigenvalue weighted by Crippen LogP contribution is 2.10. The van der Waals surface area contributed by atoms with Crippen molar-refractivity contribution in [3.8, 4) is 0 Å². The summed E-state index contributed by atoms with van der Waals surface area (Å²) in [6, 6.07) is 0.187. The maximum Gasteiger partial charge on any atom is 0.255 e. The lowest BCUT2D eigenvalue weighted by atomic mass is 10.1. The van der Waals surface area contributed by atoms with Crippen LogP contribution in [0.25, 0.3) is 0 Å². The molecule has 1 unspecified atom stereocenters. The number of hydrogen-bond donors (Lipinski definition) is 2. The molecule has 0 spiro atoms. The summed E-state index contributed by atoms with van der Waals surface area (Å²) >= 11 is 0. The Labute approximate surface area is 122 Å². The van der Waals surface area contributed by atoms with Crippen LogP contribution in [0.5, 0.6) is 0 Å². The molecule has 1 rings (SSSR count). The van der Waals surface area contributed by atoms with Crippen LogP contribution in [0.15, 0.2) is 0 Å². The number of nitrogens with zero attached hydrogens (tertiary/aromatic N) is 2. The number of H-pyrrole nitrogens is 1. The molecule has 0 radical (unpaired) electrons. The quantitative estimate of drug-likeness (QED) is 0.768. The number of rotatable bonds is 8. The van der Waals surface area contributed by atoms with Crippen molar-refractivity contribution in [2.45, 2.75) is 53.5 Å². The van der Waals surface area contributed by atoms with Crippen molar-refractivity contribution < 1.29 is 4.79 Å².